The average molecular weight is 583 g/mol. The van der Waals surface area contributed by atoms with E-state index in [0.717, 1.165) is 49.7 Å². The van der Waals surface area contributed by atoms with Gasteiger partial charge in [-0.15, -0.1) is 0 Å². The SMILES string of the molecule is CCCCCCCCCC[C@@H](OCc1ccccc1)[C@H](O)[C@@H](O)[C@@H](CCCCCCCCCC)OCc1ccccc1. The number of ether oxygens (including phenoxy) is 2. The van der Waals surface area contributed by atoms with E-state index in [1.807, 2.05) is 60.7 Å². The van der Waals surface area contributed by atoms with Crippen LogP contribution in [0.25, 0.3) is 0 Å². The molecule has 0 aromatic heterocycles. The van der Waals surface area contributed by atoms with E-state index in [1.165, 1.54) is 77.0 Å². The van der Waals surface area contributed by atoms with Crippen molar-refractivity contribution in [1.82, 2.24) is 0 Å². The van der Waals surface area contributed by atoms with Gasteiger partial charge in [-0.3, -0.25) is 0 Å². The Kier molecular flexibility index (Phi) is 21.4. The van der Waals surface area contributed by atoms with E-state index in [4.69, 9.17) is 9.47 Å². The summed E-state index contributed by atoms with van der Waals surface area (Å²) >= 11 is 0. The molecule has 0 unspecified atom stereocenters. The van der Waals surface area contributed by atoms with Crippen LogP contribution in [-0.2, 0) is 22.7 Å². The summed E-state index contributed by atoms with van der Waals surface area (Å²) in [6.07, 6.45) is 18.3. The molecule has 0 aliphatic carbocycles. The zero-order valence-corrected chi connectivity index (χ0v) is 26.9. The van der Waals surface area contributed by atoms with Crippen LogP contribution in [0.4, 0.5) is 0 Å². The Morgan fingerprint density at radius 3 is 1.10 bits per heavy atom. The minimum Gasteiger partial charge on any atom is -0.388 e. The van der Waals surface area contributed by atoms with Crippen molar-refractivity contribution in [3.05, 3.63) is 71.8 Å². The van der Waals surface area contributed by atoms with Gasteiger partial charge < -0.3 is 19.7 Å². The summed E-state index contributed by atoms with van der Waals surface area (Å²) in [5.41, 5.74) is 2.16. The first-order valence-corrected chi connectivity index (χ1v) is 17.3. The van der Waals surface area contributed by atoms with E-state index < -0.39 is 24.4 Å². The van der Waals surface area contributed by atoms with E-state index >= 15 is 0 Å². The van der Waals surface area contributed by atoms with E-state index in [2.05, 4.69) is 13.8 Å². The maximum absolute atomic E-state index is 11.5. The van der Waals surface area contributed by atoms with Crippen molar-refractivity contribution in [3.63, 3.8) is 0 Å². The monoisotopic (exact) mass is 582 g/mol. The summed E-state index contributed by atoms with van der Waals surface area (Å²) in [5, 5.41) is 23.0. The van der Waals surface area contributed by atoms with Gasteiger partial charge in [0.2, 0.25) is 0 Å². The number of aliphatic hydroxyl groups is 2. The topological polar surface area (TPSA) is 58.9 Å². The maximum atomic E-state index is 11.5. The van der Waals surface area contributed by atoms with Crippen molar-refractivity contribution in [2.75, 3.05) is 0 Å². The molecule has 0 heterocycles. The second-order valence-corrected chi connectivity index (χ2v) is 12.2. The Labute approximate surface area is 258 Å². The van der Waals surface area contributed by atoms with E-state index in [9.17, 15) is 10.2 Å². The Balaban J connectivity index is 1.95. The third-order valence-corrected chi connectivity index (χ3v) is 8.41. The van der Waals surface area contributed by atoms with Gasteiger partial charge in [-0.2, -0.15) is 0 Å². The van der Waals surface area contributed by atoms with Crippen LogP contribution in [0, 0.1) is 0 Å². The molecule has 0 spiro atoms. The molecular formula is C38H62O4. The maximum Gasteiger partial charge on any atom is 0.109 e. The van der Waals surface area contributed by atoms with Crippen LogP contribution in [0.2, 0.25) is 0 Å². The minimum absolute atomic E-state index is 0.429. The Morgan fingerprint density at radius 2 is 0.762 bits per heavy atom. The van der Waals surface area contributed by atoms with Crippen LogP contribution in [0.3, 0.4) is 0 Å². The summed E-state index contributed by atoms with van der Waals surface area (Å²) < 4.78 is 12.6. The number of aliphatic hydroxyl groups excluding tert-OH is 2. The molecule has 0 saturated carbocycles. The normalized spacial score (nSPS) is 14.5. The standard InChI is InChI=1S/C38H62O4/c1-3-5-7-9-11-13-15-23-29-35(41-31-33-25-19-17-20-26-33)37(39)38(40)36(42-32-34-27-21-18-22-28-34)30-24-16-14-12-10-8-6-4-2/h17-22,25-28,35-40H,3-16,23-24,29-32H2,1-2H3/t35-,36-,37+,38+/m1/s1. The lowest BCUT2D eigenvalue weighted by Gasteiger charge is -2.32. The lowest BCUT2D eigenvalue weighted by Crippen LogP contribution is -2.46. The van der Waals surface area contributed by atoms with Crippen LogP contribution in [0.5, 0.6) is 0 Å². The highest BCUT2D eigenvalue weighted by atomic mass is 16.5. The van der Waals surface area contributed by atoms with Gasteiger partial charge in [0.25, 0.3) is 0 Å². The van der Waals surface area contributed by atoms with Crippen molar-refractivity contribution in [2.45, 2.75) is 167 Å². The molecule has 2 aromatic carbocycles. The molecule has 4 nitrogen and oxygen atoms in total. The van der Waals surface area contributed by atoms with Gasteiger partial charge in [0.05, 0.1) is 25.4 Å². The molecule has 0 fully saturated rings. The molecule has 0 aliphatic rings. The molecule has 238 valence electrons. The number of hydrogen-bond acceptors (Lipinski definition) is 4. The van der Waals surface area contributed by atoms with E-state index in [0.29, 0.717) is 13.2 Å². The molecule has 4 heteroatoms. The number of rotatable bonds is 27. The smallest absolute Gasteiger partial charge is 0.109 e. The van der Waals surface area contributed by atoms with Crippen molar-refractivity contribution in [3.8, 4) is 0 Å². The molecule has 0 aliphatic heterocycles. The first-order chi connectivity index (χ1) is 20.7. The van der Waals surface area contributed by atoms with Gasteiger partial charge >= 0.3 is 0 Å². The summed E-state index contributed by atoms with van der Waals surface area (Å²) in [4.78, 5) is 0. The molecule has 2 N–H and O–H groups in total. The highest BCUT2D eigenvalue weighted by Crippen LogP contribution is 2.23. The second kappa shape index (κ2) is 24.7. The van der Waals surface area contributed by atoms with Gasteiger partial charge in [-0.05, 0) is 24.0 Å². The van der Waals surface area contributed by atoms with Gasteiger partial charge in [0.1, 0.15) is 12.2 Å². The molecule has 0 amide bonds. The van der Waals surface area contributed by atoms with Crippen LogP contribution in [0.1, 0.15) is 141 Å². The fraction of sp³-hybridized carbons (Fsp3) is 0.684. The van der Waals surface area contributed by atoms with E-state index in [1.54, 1.807) is 0 Å². The molecule has 4 atom stereocenters. The lowest BCUT2D eigenvalue weighted by molar-refractivity contribution is -0.147. The van der Waals surface area contributed by atoms with Crippen LogP contribution in [0.15, 0.2) is 60.7 Å². The third-order valence-electron chi connectivity index (χ3n) is 8.41. The van der Waals surface area contributed by atoms with Crippen LogP contribution in [-0.4, -0.2) is 34.6 Å². The second-order valence-electron chi connectivity index (χ2n) is 12.2. The van der Waals surface area contributed by atoms with E-state index in [-0.39, 0.29) is 0 Å². The molecular weight excluding hydrogens is 520 g/mol. The van der Waals surface area contributed by atoms with Crippen molar-refractivity contribution in [1.29, 1.82) is 0 Å². The summed E-state index contributed by atoms with van der Waals surface area (Å²) in [6.45, 7) is 5.37. The van der Waals surface area contributed by atoms with Gasteiger partial charge in [0, 0.05) is 0 Å². The fourth-order valence-electron chi connectivity index (χ4n) is 5.66. The quantitative estimate of drug-likeness (QED) is 0.103. The fourth-order valence-corrected chi connectivity index (χ4v) is 5.66. The van der Waals surface area contributed by atoms with Gasteiger partial charge in [0.15, 0.2) is 0 Å². The third kappa shape index (κ3) is 16.8. The average Bonchev–Trinajstić information content (AvgIpc) is 3.03. The highest BCUT2D eigenvalue weighted by molar-refractivity contribution is 5.14. The lowest BCUT2D eigenvalue weighted by atomic mass is 9.94. The van der Waals surface area contributed by atoms with Gasteiger partial charge in [-0.25, -0.2) is 0 Å². The largest absolute Gasteiger partial charge is 0.388 e. The first-order valence-electron chi connectivity index (χ1n) is 17.3. The Morgan fingerprint density at radius 1 is 0.452 bits per heavy atom. The molecule has 2 aromatic rings. The summed E-state index contributed by atoms with van der Waals surface area (Å²) in [6, 6.07) is 20.2. The Hall–Kier alpha value is -1.72. The molecule has 2 rings (SSSR count). The predicted octanol–water partition coefficient (Wildman–Crippen LogP) is 9.94. The first kappa shape index (κ1) is 36.5. The van der Waals surface area contributed by atoms with Crippen molar-refractivity contribution in [2.24, 2.45) is 0 Å². The molecule has 0 bridgehead atoms. The minimum atomic E-state index is -0.993. The molecule has 0 saturated heterocycles. The number of unbranched alkanes of at least 4 members (excludes halogenated alkanes) is 14. The molecule has 42 heavy (non-hydrogen) atoms. The summed E-state index contributed by atoms with van der Waals surface area (Å²) in [7, 11) is 0. The zero-order valence-electron chi connectivity index (χ0n) is 26.9. The Bertz CT molecular complexity index is 771. The van der Waals surface area contributed by atoms with Gasteiger partial charge in [-0.1, -0.05) is 177 Å². The molecule has 0 radical (unpaired) electrons. The van der Waals surface area contributed by atoms with Crippen molar-refractivity contribution < 1.29 is 19.7 Å². The summed E-state index contributed by atoms with van der Waals surface area (Å²) in [5.74, 6) is 0. The van der Waals surface area contributed by atoms with Crippen LogP contribution < -0.4 is 0 Å². The highest BCUT2D eigenvalue weighted by Gasteiger charge is 2.33. The number of benzene rings is 2. The predicted molar refractivity (Wildman–Crippen MR) is 177 cm³/mol. The number of hydrogen-bond donors (Lipinski definition) is 2. The zero-order chi connectivity index (χ0) is 30.1. The van der Waals surface area contributed by atoms with Crippen LogP contribution >= 0.6 is 0 Å². The van der Waals surface area contributed by atoms with Crippen molar-refractivity contribution >= 4 is 0 Å².